The average molecular weight is 249 g/mol. The molecule has 1 aliphatic rings. The zero-order valence-corrected chi connectivity index (χ0v) is 11.6. The van der Waals surface area contributed by atoms with Gasteiger partial charge >= 0.3 is 0 Å². The summed E-state index contributed by atoms with van der Waals surface area (Å²) in [7, 11) is 0. The van der Waals surface area contributed by atoms with E-state index in [0.29, 0.717) is 17.9 Å². The summed E-state index contributed by atoms with van der Waals surface area (Å²) in [4.78, 5) is 8.72. The van der Waals surface area contributed by atoms with Gasteiger partial charge in [0.15, 0.2) is 0 Å². The van der Waals surface area contributed by atoms with Crippen LogP contribution in [0.3, 0.4) is 0 Å². The maximum Gasteiger partial charge on any atom is 0.226 e. The zero-order valence-electron chi connectivity index (χ0n) is 11.6. The Morgan fingerprint density at radius 2 is 2.00 bits per heavy atom. The van der Waals surface area contributed by atoms with Gasteiger partial charge in [-0.2, -0.15) is 4.98 Å². The highest BCUT2D eigenvalue weighted by atomic mass is 16.5. The zero-order chi connectivity index (χ0) is 13.0. The topological polar surface area (TPSA) is 47.0 Å². The van der Waals surface area contributed by atoms with Crippen LogP contribution in [0.25, 0.3) is 0 Å². The van der Waals surface area contributed by atoms with Gasteiger partial charge in [0.05, 0.1) is 0 Å². The molecule has 1 fully saturated rings. The molecule has 0 aromatic carbocycles. The van der Waals surface area contributed by atoms with Crippen LogP contribution in [-0.4, -0.2) is 22.6 Å². The third-order valence-corrected chi connectivity index (χ3v) is 3.42. The second-order valence-corrected chi connectivity index (χ2v) is 5.20. The number of nitrogens with one attached hydrogen (secondary N) is 1. The van der Waals surface area contributed by atoms with Gasteiger partial charge in [-0.15, -0.1) is 0 Å². The Morgan fingerprint density at radius 1 is 1.28 bits per heavy atom. The predicted octanol–water partition coefficient (Wildman–Crippen LogP) is 3.17. The molecule has 0 aliphatic heterocycles. The van der Waals surface area contributed by atoms with Crippen molar-refractivity contribution in [1.29, 1.82) is 0 Å². The molecule has 0 unspecified atom stereocenters. The van der Waals surface area contributed by atoms with Crippen LogP contribution >= 0.6 is 0 Å². The number of aryl methyl sites for hydroxylation is 1. The molecule has 0 atom stereocenters. The van der Waals surface area contributed by atoms with Crippen LogP contribution in [0, 0.1) is 12.8 Å². The molecular formula is C14H23N3O. The maximum atomic E-state index is 5.98. The largest absolute Gasteiger partial charge is 0.474 e. The average Bonchev–Trinajstić information content (AvgIpc) is 2.32. The third kappa shape index (κ3) is 3.59. The van der Waals surface area contributed by atoms with Crippen molar-refractivity contribution < 1.29 is 4.74 Å². The molecule has 18 heavy (non-hydrogen) atoms. The van der Waals surface area contributed by atoms with E-state index in [0.717, 1.165) is 31.0 Å². The van der Waals surface area contributed by atoms with Gasteiger partial charge in [-0.25, -0.2) is 4.98 Å². The molecule has 0 spiro atoms. The minimum absolute atomic E-state index is 0.324. The number of nitrogens with zero attached hydrogens (tertiary/aromatic N) is 2. The molecular weight excluding hydrogens is 226 g/mol. The van der Waals surface area contributed by atoms with Crippen LogP contribution in [0.4, 0.5) is 5.95 Å². The summed E-state index contributed by atoms with van der Waals surface area (Å²) in [6.45, 7) is 7.14. The Bertz CT molecular complexity index is 387. The van der Waals surface area contributed by atoms with E-state index < -0.39 is 0 Å². The van der Waals surface area contributed by atoms with Crippen LogP contribution in [0.5, 0.6) is 5.88 Å². The summed E-state index contributed by atoms with van der Waals surface area (Å²) in [5.41, 5.74) is 0.945. The van der Waals surface area contributed by atoms with Crippen LogP contribution in [0.15, 0.2) is 6.07 Å². The molecule has 100 valence electrons. The number of ether oxygens (including phenoxy) is 1. The lowest BCUT2D eigenvalue weighted by Crippen LogP contribution is -2.23. The smallest absolute Gasteiger partial charge is 0.226 e. The fraction of sp³-hybridized carbons (Fsp3) is 0.714. The SMILES string of the molecule is CCNc1nc(C)cc(OC2CCC(C)CC2)n1. The number of hydrogen-bond donors (Lipinski definition) is 1. The minimum Gasteiger partial charge on any atom is -0.474 e. The molecule has 0 amide bonds. The lowest BCUT2D eigenvalue weighted by molar-refractivity contribution is 0.130. The fourth-order valence-corrected chi connectivity index (χ4v) is 2.36. The van der Waals surface area contributed by atoms with Crippen molar-refractivity contribution in [3.05, 3.63) is 11.8 Å². The number of rotatable bonds is 4. The van der Waals surface area contributed by atoms with Crippen LogP contribution < -0.4 is 10.1 Å². The minimum atomic E-state index is 0.324. The highest BCUT2D eigenvalue weighted by Gasteiger charge is 2.20. The van der Waals surface area contributed by atoms with Crippen LogP contribution in [0.1, 0.15) is 45.2 Å². The van der Waals surface area contributed by atoms with E-state index in [9.17, 15) is 0 Å². The molecule has 1 saturated carbocycles. The highest BCUT2D eigenvalue weighted by molar-refractivity contribution is 5.30. The van der Waals surface area contributed by atoms with Crippen molar-refractivity contribution in [1.82, 2.24) is 9.97 Å². The molecule has 1 heterocycles. The first-order chi connectivity index (χ1) is 8.67. The standard InChI is InChI=1S/C14H23N3O/c1-4-15-14-16-11(3)9-13(17-14)18-12-7-5-10(2)6-8-12/h9-10,12H,4-8H2,1-3H3,(H,15,16,17). The summed E-state index contributed by atoms with van der Waals surface area (Å²) in [6, 6.07) is 1.92. The number of hydrogen-bond acceptors (Lipinski definition) is 4. The van der Waals surface area contributed by atoms with E-state index in [1.807, 2.05) is 19.9 Å². The Morgan fingerprint density at radius 3 is 2.67 bits per heavy atom. The molecule has 0 radical (unpaired) electrons. The van der Waals surface area contributed by atoms with Gasteiger partial charge in [-0.1, -0.05) is 6.92 Å². The van der Waals surface area contributed by atoms with Crippen molar-refractivity contribution in [2.75, 3.05) is 11.9 Å². The van der Waals surface area contributed by atoms with Gasteiger partial charge in [0.1, 0.15) is 6.10 Å². The second-order valence-electron chi connectivity index (χ2n) is 5.20. The third-order valence-electron chi connectivity index (χ3n) is 3.42. The van der Waals surface area contributed by atoms with Crippen molar-refractivity contribution in [3.8, 4) is 5.88 Å². The summed E-state index contributed by atoms with van der Waals surface area (Å²) in [6.07, 6.45) is 5.12. The lowest BCUT2D eigenvalue weighted by atomic mass is 9.89. The molecule has 4 heteroatoms. The molecule has 1 aromatic rings. The molecule has 1 aromatic heterocycles. The Hall–Kier alpha value is -1.32. The predicted molar refractivity (Wildman–Crippen MR) is 73.0 cm³/mol. The monoisotopic (exact) mass is 249 g/mol. The first kappa shape index (κ1) is 13.1. The first-order valence-corrected chi connectivity index (χ1v) is 6.93. The van der Waals surface area contributed by atoms with Gasteiger partial charge < -0.3 is 10.1 Å². The van der Waals surface area contributed by atoms with E-state index >= 15 is 0 Å². The molecule has 4 nitrogen and oxygen atoms in total. The highest BCUT2D eigenvalue weighted by Crippen LogP contribution is 2.26. The quantitative estimate of drug-likeness (QED) is 0.890. The van der Waals surface area contributed by atoms with Crippen molar-refractivity contribution in [3.63, 3.8) is 0 Å². The fourth-order valence-electron chi connectivity index (χ4n) is 2.36. The lowest BCUT2D eigenvalue weighted by Gasteiger charge is -2.26. The Labute approximate surface area is 109 Å². The van der Waals surface area contributed by atoms with Gasteiger partial charge in [-0.05, 0) is 45.4 Å². The number of aromatic nitrogens is 2. The molecule has 2 rings (SSSR count). The summed E-state index contributed by atoms with van der Waals surface area (Å²) in [5, 5.41) is 3.13. The molecule has 1 N–H and O–H groups in total. The Balaban J connectivity index is 2.00. The number of anilines is 1. The van der Waals surface area contributed by atoms with Gasteiger partial charge in [0.25, 0.3) is 0 Å². The van der Waals surface area contributed by atoms with E-state index in [4.69, 9.17) is 4.74 Å². The van der Waals surface area contributed by atoms with Crippen molar-refractivity contribution in [2.24, 2.45) is 5.92 Å². The Kier molecular flexibility index (Phi) is 4.39. The maximum absolute atomic E-state index is 5.98. The molecule has 0 saturated heterocycles. The molecule has 0 bridgehead atoms. The first-order valence-electron chi connectivity index (χ1n) is 6.93. The van der Waals surface area contributed by atoms with Crippen LogP contribution in [-0.2, 0) is 0 Å². The van der Waals surface area contributed by atoms with Crippen LogP contribution in [0.2, 0.25) is 0 Å². The second kappa shape index (κ2) is 6.03. The summed E-state index contributed by atoms with van der Waals surface area (Å²) in [5.74, 6) is 2.21. The van der Waals surface area contributed by atoms with Gasteiger partial charge in [0, 0.05) is 18.3 Å². The molecule has 1 aliphatic carbocycles. The van der Waals surface area contributed by atoms with Gasteiger partial charge in [-0.3, -0.25) is 0 Å². The normalized spacial score (nSPS) is 23.7. The van der Waals surface area contributed by atoms with Crippen molar-refractivity contribution >= 4 is 5.95 Å². The van der Waals surface area contributed by atoms with E-state index in [-0.39, 0.29) is 0 Å². The van der Waals surface area contributed by atoms with Gasteiger partial charge in [0.2, 0.25) is 11.8 Å². The summed E-state index contributed by atoms with van der Waals surface area (Å²) >= 11 is 0. The van der Waals surface area contributed by atoms with Crippen molar-refractivity contribution in [2.45, 2.75) is 52.6 Å². The van der Waals surface area contributed by atoms with E-state index in [1.54, 1.807) is 0 Å². The van der Waals surface area contributed by atoms with E-state index in [1.165, 1.54) is 12.8 Å². The summed E-state index contributed by atoms with van der Waals surface area (Å²) < 4.78 is 5.98. The van der Waals surface area contributed by atoms with E-state index in [2.05, 4.69) is 22.2 Å².